The van der Waals surface area contributed by atoms with Crippen LogP contribution in [0.25, 0.3) is 0 Å². The molecule has 0 aromatic carbocycles. The molecule has 1 fully saturated rings. The minimum Gasteiger partial charge on any atom is -0.481 e. The lowest BCUT2D eigenvalue weighted by molar-refractivity contribution is -0.165. The maximum Gasteiger partial charge on any atom is 0.311 e. The van der Waals surface area contributed by atoms with Crippen LogP contribution in [-0.2, 0) is 19.2 Å². The molecular weight excluding hydrogens is 248 g/mol. The molecule has 0 aromatic rings. The number of carbonyl (C=O) groups is 4. The summed E-state index contributed by atoms with van der Waals surface area (Å²) in [5.74, 6) is -8.50. The number of rotatable bonds is 5. The highest BCUT2D eigenvalue weighted by molar-refractivity contribution is 5.89. The number of carboxylic acid groups (broad SMARTS) is 4. The van der Waals surface area contributed by atoms with Crippen LogP contribution in [0.5, 0.6) is 0 Å². The first-order chi connectivity index (χ1) is 8.20. The molecule has 8 heteroatoms. The molecule has 0 saturated heterocycles. The van der Waals surface area contributed by atoms with Crippen LogP contribution in [-0.4, -0.2) is 44.3 Å². The van der Waals surface area contributed by atoms with Crippen LogP contribution >= 0.6 is 0 Å². The summed E-state index contributed by atoms with van der Waals surface area (Å²) < 4.78 is 0. The summed E-state index contributed by atoms with van der Waals surface area (Å²) in [4.78, 5) is 43.8. The molecule has 3 atom stereocenters. The second-order valence-corrected chi connectivity index (χ2v) is 4.40. The Morgan fingerprint density at radius 1 is 1.00 bits per heavy atom. The predicted molar refractivity (Wildman–Crippen MR) is 53.8 cm³/mol. The van der Waals surface area contributed by atoms with Crippen molar-refractivity contribution in [3.8, 4) is 0 Å². The van der Waals surface area contributed by atoms with Gasteiger partial charge in [0.05, 0.1) is 23.7 Å². The van der Waals surface area contributed by atoms with Crippen molar-refractivity contribution in [1.82, 2.24) is 0 Å². The third-order valence-electron chi connectivity index (χ3n) is 3.34. The molecule has 3 unspecified atom stereocenters. The fourth-order valence-electron chi connectivity index (χ4n) is 2.48. The normalized spacial score (nSPS) is 30.9. The standard InChI is InChI=1S/C10H12O8/c11-6(12)3-10(9(17)18)2-4(7(13)14)1-5(10)8(15)16/h4-5H,1-3H2,(H,11,12)(H,13,14)(H,15,16)(H,17,18). The van der Waals surface area contributed by atoms with Gasteiger partial charge in [-0.3, -0.25) is 19.2 Å². The van der Waals surface area contributed by atoms with Crippen LogP contribution in [0.2, 0.25) is 0 Å². The Labute approximate surface area is 101 Å². The number of carboxylic acids is 4. The van der Waals surface area contributed by atoms with Crippen molar-refractivity contribution < 1.29 is 39.6 Å². The van der Waals surface area contributed by atoms with Crippen molar-refractivity contribution in [1.29, 1.82) is 0 Å². The van der Waals surface area contributed by atoms with E-state index in [2.05, 4.69) is 0 Å². The topological polar surface area (TPSA) is 149 Å². The lowest BCUT2D eigenvalue weighted by atomic mass is 9.75. The molecule has 0 bridgehead atoms. The van der Waals surface area contributed by atoms with E-state index in [1.165, 1.54) is 0 Å². The lowest BCUT2D eigenvalue weighted by Crippen LogP contribution is -2.40. The Morgan fingerprint density at radius 2 is 1.56 bits per heavy atom. The molecule has 8 nitrogen and oxygen atoms in total. The predicted octanol–water partition coefficient (Wildman–Crippen LogP) is -0.273. The van der Waals surface area contributed by atoms with E-state index in [1.807, 2.05) is 0 Å². The molecule has 18 heavy (non-hydrogen) atoms. The van der Waals surface area contributed by atoms with E-state index in [1.54, 1.807) is 0 Å². The van der Waals surface area contributed by atoms with Crippen LogP contribution in [0.3, 0.4) is 0 Å². The zero-order valence-corrected chi connectivity index (χ0v) is 9.20. The molecule has 1 aliphatic rings. The maximum atomic E-state index is 11.2. The third-order valence-corrected chi connectivity index (χ3v) is 3.34. The molecule has 1 saturated carbocycles. The van der Waals surface area contributed by atoms with Gasteiger partial charge in [0, 0.05) is 0 Å². The summed E-state index contributed by atoms with van der Waals surface area (Å²) in [6.07, 6.45) is -1.76. The van der Waals surface area contributed by atoms with Gasteiger partial charge in [0.25, 0.3) is 0 Å². The summed E-state index contributed by atoms with van der Waals surface area (Å²) in [6, 6.07) is 0. The molecule has 0 amide bonds. The van der Waals surface area contributed by atoms with Gasteiger partial charge in [0.2, 0.25) is 0 Å². The van der Waals surface area contributed by atoms with E-state index in [0.717, 1.165) is 0 Å². The average Bonchev–Trinajstić information content (AvgIpc) is 2.57. The Bertz CT molecular complexity index is 414. The molecule has 1 rings (SSSR count). The van der Waals surface area contributed by atoms with Crippen molar-refractivity contribution >= 4 is 23.9 Å². The van der Waals surface area contributed by atoms with Gasteiger partial charge in [-0.25, -0.2) is 0 Å². The zero-order chi connectivity index (χ0) is 14.1. The van der Waals surface area contributed by atoms with E-state index >= 15 is 0 Å². The van der Waals surface area contributed by atoms with Gasteiger partial charge < -0.3 is 20.4 Å². The smallest absolute Gasteiger partial charge is 0.311 e. The Balaban J connectivity index is 3.19. The van der Waals surface area contributed by atoms with Crippen LogP contribution in [0.1, 0.15) is 19.3 Å². The van der Waals surface area contributed by atoms with E-state index < -0.39 is 54.0 Å². The first-order valence-electron chi connectivity index (χ1n) is 5.11. The summed E-state index contributed by atoms with van der Waals surface area (Å²) in [7, 11) is 0. The zero-order valence-electron chi connectivity index (χ0n) is 9.20. The number of hydrogen-bond acceptors (Lipinski definition) is 4. The van der Waals surface area contributed by atoms with Crippen molar-refractivity contribution in [2.24, 2.45) is 17.3 Å². The van der Waals surface area contributed by atoms with Gasteiger partial charge in [-0.15, -0.1) is 0 Å². The van der Waals surface area contributed by atoms with Crippen LogP contribution in [0.15, 0.2) is 0 Å². The SMILES string of the molecule is O=C(O)CC1(C(=O)O)CC(C(=O)O)CC1C(=O)O. The Morgan fingerprint density at radius 3 is 1.89 bits per heavy atom. The minimum absolute atomic E-state index is 0.371. The van der Waals surface area contributed by atoms with Gasteiger partial charge >= 0.3 is 23.9 Å². The molecule has 1 aliphatic carbocycles. The Kier molecular flexibility index (Phi) is 3.59. The fraction of sp³-hybridized carbons (Fsp3) is 0.600. The van der Waals surface area contributed by atoms with Crippen molar-refractivity contribution in [3.63, 3.8) is 0 Å². The first kappa shape index (κ1) is 13.9. The second kappa shape index (κ2) is 4.63. The van der Waals surface area contributed by atoms with Crippen LogP contribution in [0, 0.1) is 17.3 Å². The van der Waals surface area contributed by atoms with Crippen molar-refractivity contribution in [2.75, 3.05) is 0 Å². The monoisotopic (exact) mass is 260 g/mol. The molecule has 0 radical (unpaired) electrons. The quantitative estimate of drug-likeness (QED) is 0.527. The number of hydrogen-bond donors (Lipinski definition) is 4. The van der Waals surface area contributed by atoms with E-state index in [4.69, 9.17) is 20.4 Å². The molecule has 0 spiro atoms. The largest absolute Gasteiger partial charge is 0.481 e. The van der Waals surface area contributed by atoms with E-state index in [-0.39, 0.29) is 6.42 Å². The summed E-state index contributed by atoms with van der Waals surface area (Å²) in [5, 5.41) is 35.6. The van der Waals surface area contributed by atoms with Crippen molar-refractivity contribution in [2.45, 2.75) is 19.3 Å². The molecule has 0 aromatic heterocycles. The Hall–Kier alpha value is -2.12. The van der Waals surface area contributed by atoms with Crippen LogP contribution in [0.4, 0.5) is 0 Å². The summed E-state index contributed by atoms with van der Waals surface area (Å²) >= 11 is 0. The molecule has 100 valence electrons. The minimum atomic E-state index is -2.05. The van der Waals surface area contributed by atoms with E-state index in [0.29, 0.717) is 0 Å². The van der Waals surface area contributed by atoms with Gasteiger partial charge in [-0.1, -0.05) is 0 Å². The van der Waals surface area contributed by atoms with Gasteiger partial charge in [0.15, 0.2) is 0 Å². The highest BCUT2D eigenvalue weighted by atomic mass is 16.4. The summed E-state index contributed by atoms with van der Waals surface area (Å²) in [5.41, 5.74) is -2.05. The van der Waals surface area contributed by atoms with Crippen molar-refractivity contribution in [3.05, 3.63) is 0 Å². The third kappa shape index (κ3) is 2.27. The molecule has 0 heterocycles. The highest BCUT2D eigenvalue weighted by Gasteiger charge is 2.58. The molecule has 4 N–H and O–H groups in total. The summed E-state index contributed by atoms with van der Waals surface area (Å²) in [6.45, 7) is 0. The molecular formula is C10H12O8. The molecule has 0 aliphatic heterocycles. The van der Waals surface area contributed by atoms with Gasteiger partial charge in [-0.2, -0.15) is 0 Å². The fourth-order valence-corrected chi connectivity index (χ4v) is 2.48. The van der Waals surface area contributed by atoms with Crippen LogP contribution < -0.4 is 0 Å². The van der Waals surface area contributed by atoms with E-state index in [9.17, 15) is 19.2 Å². The number of aliphatic carboxylic acids is 4. The average molecular weight is 260 g/mol. The first-order valence-corrected chi connectivity index (χ1v) is 5.11. The lowest BCUT2D eigenvalue weighted by Gasteiger charge is -2.26. The maximum absolute atomic E-state index is 11.2. The van der Waals surface area contributed by atoms with Gasteiger partial charge in [0.1, 0.15) is 0 Å². The van der Waals surface area contributed by atoms with Gasteiger partial charge in [-0.05, 0) is 12.8 Å². The highest BCUT2D eigenvalue weighted by Crippen LogP contribution is 2.49. The second-order valence-electron chi connectivity index (χ2n) is 4.40.